The number of rotatable bonds is 11. The van der Waals surface area contributed by atoms with E-state index in [9.17, 15) is 13.2 Å². The fourth-order valence-corrected chi connectivity index (χ4v) is 2.65. The number of hydrogen-bond donors (Lipinski definition) is 1. The lowest BCUT2D eigenvalue weighted by molar-refractivity contribution is -0.152. The molecule has 2 aromatic rings. The van der Waals surface area contributed by atoms with Gasteiger partial charge in [-0.05, 0) is 38.1 Å². The highest BCUT2D eigenvalue weighted by molar-refractivity contribution is 7.86. The minimum Gasteiger partial charge on any atom is -0.493 e. The van der Waals surface area contributed by atoms with E-state index in [0.717, 1.165) is 6.26 Å². The van der Waals surface area contributed by atoms with Crippen LogP contribution in [0.1, 0.15) is 20.3 Å². The van der Waals surface area contributed by atoms with Crippen molar-refractivity contribution in [1.82, 2.24) is 0 Å². The molecule has 0 bridgehead atoms. The summed E-state index contributed by atoms with van der Waals surface area (Å²) in [6, 6.07) is 13.1. The summed E-state index contributed by atoms with van der Waals surface area (Å²) < 4.78 is 43.8. The maximum atomic E-state index is 11.2. The third kappa shape index (κ3) is 7.90. The Kier molecular flexibility index (Phi) is 7.33. The zero-order valence-electron chi connectivity index (χ0n) is 16.5. The Morgan fingerprint density at radius 3 is 1.93 bits per heavy atom. The van der Waals surface area contributed by atoms with Gasteiger partial charge in [-0.15, -0.1) is 0 Å². The van der Waals surface area contributed by atoms with Gasteiger partial charge in [-0.25, -0.2) is 4.79 Å². The van der Waals surface area contributed by atoms with Crippen molar-refractivity contribution in [2.24, 2.45) is 0 Å². The van der Waals surface area contributed by atoms with E-state index in [0.29, 0.717) is 36.9 Å². The number of aliphatic carboxylic acids is 1. The largest absolute Gasteiger partial charge is 0.493 e. The second-order valence-electron chi connectivity index (χ2n) is 6.71. The van der Waals surface area contributed by atoms with Crippen LogP contribution in [0, 0.1) is 0 Å². The van der Waals surface area contributed by atoms with Crippen molar-refractivity contribution in [3.8, 4) is 23.0 Å². The van der Waals surface area contributed by atoms with Gasteiger partial charge in [0.05, 0.1) is 19.5 Å². The molecule has 0 saturated carbocycles. The molecule has 2 rings (SSSR count). The second-order valence-corrected chi connectivity index (χ2v) is 8.28. The lowest BCUT2D eigenvalue weighted by atomic mass is 10.1. The summed E-state index contributed by atoms with van der Waals surface area (Å²) in [6.45, 7) is 3.65. The van der Waals surface area contributed by atoms with Crippen molar-refractivity contribution < 1.29 is 36.7 Å². The van der Waals surface area contributed by atoms with E-state index < -0.39 is 21.7 Å². The summed E-state index contributed by atoms with van der Waals surface area (Å²) in [4.78, 5) is 11.2. The molecule has 8 nitrogen and oxygen atoms in total. The van der Waals surface area contributed by atoms with Crippen LogP contribution in [0.25, 0.3) is 0 Å². The maximum absolute atomic E-state index is 11.2. The Morgan fingerprint density at radius 2 is 1.41 bits per heavy atom. The highest BCUT2D eigenvalue weighted by Gasteiger charge is 2.29. The zero-order chi connectivity index (χ0) is 21.5. The molecular formula is C20H24O8S. The molecule has 2 aromatic carbocycles. The first-order valence-electron chi connectivity index (χ1n) is 8.83. The topological polar surface area (TPSA) is 108 Å². The van der Waals surface area contributed by atoms with Crippen molar-refractivity contribution >= 4 is 16.1 Å². The second kappa shape index (κ2) is 9.51. The van der Waals surface area contributed by atoms with Crippen LogP contribution in [0.2, 0.25) is 0 Å². The molecule has 0 aromatic heterocycles. The van der Waals surface area contributed by atoms with Crippen molar-refractivity contribution in [3.05, 3.63) is 48.5 Å². The van der Waals surface area contributed by atoms with Crippen molar-refractivity contribution in [2.45, 2.75) is 25.9 Å². The van der Waals surface area contributed by atoms with Crippen LogP contribution < -0.4 is 18.4 Å². The monoisotopic (exact) mass is 424 g/mol. The molecule has 9 heteroatoms. The average molecular weight is 424 g/mol. The van der Waals surface area contributed by atoms with Gasteiger partial charge in [0.1, 0.15) is 23.0 Å². The average Bonchev–Trinajstić information content (AvgIpc) is 2.60. The lowest BCUT2D eigenvalue weighted by Crippen LogP contribution is -2.37. The van der Waals surface area contributed by atoms with Gasteiger partial charge in [0, 0.05) is 18.6 Å². The third-order valence-corrected chi connectivity index (χ3v) is 4.07. The van der Waals surface area contributed by atoms with Gasteiger partial charge in [-0.2, -0.15) is 8.42 Å². The highest BCUT2D eigenvalue weighted by Crippen LogP contribution is 2.24. The predicted molar refractivity (Wildman–Crippen MR) is 106 cm³/mol. The summed E-state index contributed by atoms with van der Waals surface area (Å²) in [5.74, 6) is 0.549. The first-order valence-corrected chi connectivity index (χ1v) is 10.6. The van der Waals surface area contributed by atoms with Gasteiger partial charge in [-0.3, -0.25) is 0 Å². The molecule has 0 aliphatic rings. The molecule has 1 N–H and O–H groups in total. The Balaban J connectivity index is 1.79. The minimum absolute atomic E-state index is 0.183. The lowest BCUT2D eigenvalue weighted by Gasteiger charge is -2.21. The zero-order valence-corrected chi connectivity index (χ0v) is 17.3. The van der Waals surface area contributed by atoms with E-state index in [1.54, 1.807) is 36.4 Å². The Labute approximate surface area is 170 Å². The summed E-state index contributed by atoms with van der Waals surface area (Å²) in [5.41, 5.74) is -1.35. The Bertz CT molecular complexity index is 937. The summed E-state index contributed by atoms with van der Waals surface area (Å²) in [6.07, 6.45) is 1.55. The quantitative estimate of drug-likeness (QED) is 0.433. The van der Waals surface area contributed by atoms with E-state index in [1.807, 2.05) is 0 Å². The normalized spacial score (nSPS) is 11.6. The van der Waals surface area contributed by atoms with Gasteiger partial charge in [0.15, 0.2) is 5.60 Å². The molecule has 0 amide bonds. The highest BCUT2D eigenvalue weighted by atomic mass is 32.2. The fourth-order valence-electron chi connectivity index (χ4n) is 2.20. The van der Waals surface area contributed by atoms with Crippen LogP contribution in [-0.2, 0) is 14.9 Å². The van der Waals surface area contributed by atoms with E-state index >= 15 is 0 Å². The van der Waals surface area contributed by atoms with Gasteiger partial charge < -0.3 is 23.5 Å². The number of carbonyl (C=O) groups is 1. The smallest absolute Gasteiger partial charge is 0.347 e. The maximum Gasteiger partial charge on any atom is 0.347 e. The molecule has 0 atom stereocenters. The molecule has 0 radical (unpaired) electrons. The van der Waals surface area contributed by atoms with Crippen molar-refractivity contribution in [2.75, 3.05) is 19.5 Å². The van der Waals surface area contributed by atoms with E-state index in [4.69, 9.17) is 23.5 Å². The Hall–Kier alpha value is -2.94. The first kappa shape index (κ1) is 22.4. The summed E-state index contributed by atoms with van der Waals surface area (Å²) in [7, 11) is -3.59. The van der Waals surface area contributed by atoms with Gasteiger partial charge in [-0.1, -0.05) is 12.1 Å². The standard InChI is InChI=1S/C20H24O8S/c1-20(2,19(21)22)27-17-9-4-7-15(13-17)25-11-6-12-26-16-8-5-10-18(14-16)28-29(3,23)24/h4-5,7-10,13-14H,6,11-12H2,1-3H3,(H,21,22). The molecule has 0 aliphatic heterocycles. The molecule has 158 valence electrons. The van der Waals surface area contributed by atoms with Crippen LogP contribution in [0.4, 0.5) is 0 Å². The predicted octanol–water partition coefficient (Wildman–Crippen LogP) is 3.11. The summed E-state index contributed by atoms with van der Waals surface area (Å²) in [5, 5.41) is 9.13. The minimum atomic E-state index is -3.59. The first-order chi connectivity index (χ1) is 13.5. The number of carboxylic acids is 1. The van der Waals surface area contributed by atoms with Crippen LogP contribution in [0.3, 0.4) is 0 Å². The molecule has 0 aliphatic carbocycles. The third-order valence-electron chi connectivity index (χ3n) is 3.57. The molecule has 0 spiro atoms. The van der Waals surface area contributed by atoms with Crippen molar-refractivity contribution in [3.63, 3.8) is 0 Å². The van der Waals surface area contributed by atoms with Gasteiger partial charge >= 0.3 is 16.1 Å². The number of ether oxygens (including phenoxy) is 3. The van der Waals surface area contributed by atoms with Crippen molar-refractivity contribution in [1.29, 1.82) is 0 Å². The van der Waals surface area contributed by atoms with E-state index in [2.05, 4.69) is 0 Å². The van der Waals surface area contributed by atoms with E-state index in [-0.39, 0.29) is 5.75 Å². The summed E-state index contributed by atoms with van der Waals surface area (Å²) >= 11 is 0. The molecule has 0 saturated heterocycles. The van der Waals surface area contributed by atoms with Crippen LogP contribution in [0.5, 0.6) is 23.0 Å². The SMILES string of the molecule is CC(C)(Oc1cccc(OCCCOc2cccc(OS(C)(=O)=O)c2)c1)C(=O)O. The number of hydrogen-bond acceptors (Lipinski definition) is 7. The number of benzene rings is 2. The van der Waals surface area contributed by atoms with Crippen LogP contribution >= 0.6 is 0 Å². The van der Waals surface area contributed by atoms with E-state index in [1.165, 1.54) is 26.0 Å². The molecule has 29 heavy (non-hydrogen) atoms. The van der Waals surface area contributed by atoms with Gasteiger partial charge in [0.25, 0.3) is 0 Å². The Morgan fingerprint density at radius 1 is 0.931 bits per heavy atom. The molecule has 0 fully saturated rings. The molecule has 0 heterocycles. The van der Waals surface area contributed by atoms with Crippen LogP contribution in [0.15, 0.2) is 48.5 Å². The van der Waals surface area contributed by atoms with Gasteiger partial charge in [0.2, 0.25) is 0 Å². The molecular weight excluding hydrogens is 400 g/mol. The van der Waals surface area contributed by atoms with Crippen LogP contribution in [-0.4, -0.2) is 44.6 Å². The fraction of sp³-hybridized carbons (Fsp3) is 0.350. The number of carboxylic acid groups (broad SMARTS) is 1. The molecule has 0 unspecified atom stereocenters.